The molecule has 498 valence electrons. The summed E-state index contributed by atoms with van der Waals surface area (Å²) in [5, 5.41) is 29.0. The van der Waals surface area contributed by atoms with Gasteiger partial charge in [0.2, 0.25) is 0 Å². The topological polar surface area (TPSA) is 91.0 Å². The van der Waals surface area contributed by atoms with Gasteiger partial charge in [0.1, 0.15) is 33.1 Å². The third kappa shape index (κ3) is 14.6. The molecule has 14 rings (SSSR count). The van der Waals surface area contributed by atoms with Crippen LogP contribution >= 0.6 is 22.7 Å². The van der Waals surface area contributed by atoms with E-state index in [0.717, 1.165) is 141 Å². The van der Waals surface area contributed by atoms with Crippen LogP contribution in [0, 0.1) is 17.7 Å². The number of phenolic OH excluding ortho intramolecular Hbond substituents is 2. The van der Waals surface area contributed by atoms with Gasteiger partial charge in [0.25, 0.3) is 0 Å². The Morgan fingerprint density at radius 2 is 0.798 bits per heavy atom. The number of para-hydroxylation sites is 2. The van der Waals surface area contributed by atoms with Crippen molar-refractivity contribution in [3.63, 3.8) is 0 Å². The van der Waals surface area contributed by atoms with Crippen LogP contribution in [-0.4, -0.2) is 32.6 Å². The van der Waals surface area contributed by atoms with Gasteiger partial charge in [-0.15, -0.1) is 57.2 Å². The fourth-order valence-electron chi connectivity index (χ4n) is 12.5. The number of phenols is 2. The average Bonchev–Trinajstić information content (AvgIpc) is 1.70. The van der Waals surface area contributed by atoms with E-state index >= 15 is 0 Å². The summed E-state index contributed by atoms with van der Waals surface area (Å²) in [5.74, 6) is -0.0111. The monoisotopic (exact) mass is 1520 g/mol. The zero-order valence-electron chi connectivity index (χ0n) is 57.6. The Morgan fingerprint density at radius 1 is 0.394 bits per heavy atom. The number of fused-ring (bicyclic) bond motifs is 4. The maximum Gasteiger partial charge on any atom is 0.128 e. The van der Waals surface area contributed by atoms with Gasteiger partial charge in [-0.25, -0.2) is 18.7 Å². The van der Waals surface area contributed by atoms with Crippen LogP contribution in [0.5, 0.6) is 11.5 Å². The first-order valence-corrected chi connectivity index (χ1v) is 34.7. The van der Waals surface area contributed by atoms with Crippen LogP contribution < -0.4 is 0 Å². The Balaban J connectivity index is 0.000000186. The molecule has 0 amide bonds. The second-order valence-corrected chi connectivity index (χ2v) is 31.3. The number of hydrogen-bond donors (Lipinski definition) is 2. The fraction of sp³-hybridized carbons (Fsp3) is 0.182. The number of hydrogen-bond acceptors (Lipinski definition) is 8. The van der Waals surface area contributed by atoms with Crippen molar-refractivity contribution >= 4 is 88.5 Å². The largest absolute Gasteiger partial charge is 0.507 e. The van der Waals surface area contributed by atoms with Gasteiger partial charge in [0.05, 0.1) is 21.6 Å². The van der Waals surface area contributed by atoms with Crippen LogP contribution in [0.1, 0.15) is 116 Å². The van der Waals surface area contributed by atoms with Gasteiger partial charge >= 0.3 is 0 Å². The van der Waals surface area contributed by atoms with Crippen molar-refractivity contribution < 1.29 is 40.1 Å². The Hall–Kier alpha value is -9.57. The molecule has 0 fully saturated rings. The predicted molar refractivity (Wildman–Crippen MR) is 411 cm³/mol. The minimum Gasteiger partial charge on any atom is -0.507 e. The summed E-state index contributed by atoms with van der Waals surface area (Å²) in [5.41, 5.74) is 17.9. The van der Waals surface area contributed by atoms with E-state index in [1.807, 2.05) is 97.1 Å². The molecule has 0 atom stereocenters. The maximum atomic E-state index is 13.9. The zero-order valence-corrected chi connectivity index (χ0v) is 61.5. The van der Waals surface area contributed by atoms with Gasteiger partial charge in [-0.1, -0.05) is 222 Å². The molecule has 0 saturated heterocycles. The molecule has 0 bridgehead atoms. The molecule has 11 heteroatoms. The predicted octanol–water partition coefficient (Wildman–Crippen LogP) is 25.1. The minimum absolute atomic E-state index is 0. The number of aliphatic imine (C=N–C) groups is 2. The van der Waals surface area contributed by atoms with Gasteiger partial charge in [-0.2, -0.15) is 0 Å². The third-order valence-electron chi connectivity index (χ3n) is 18.0. The molecule has 14 aromatic rings. The maximum absolute atomic E-state index is 13.9. The number of aromatic nitrogens is 2. The summed E-state index contributed by atoms with van der Waals surface area (Å²) in [7, 11) is 0. The first-order valence-electron chi connectivity index (χ1n) is 33.1. The average molecular weight is 1520 g/mol. The number of halogens is 2. The second-order valence-electron chi connectivity index (χ2n) is 29.2. The Kier molecular flexibility index (Phi) is 19.3. The van der Waals surface area contributed by atoms with Crippen molar-refractivity contribution in [3.05, 3.63) is 276 Å². The van der Waals surface area contributed by atoms with Crippen molar-refractivity contribution in [2.24, 2.45) is 9.98 Å². The second kappa shape index (κ2) is 27.6. The summed E-state index contributed by atoms with van der Waals surface area (Å²) in [6.07, 6.45) is 3.55. The van der Waals surface area contributed by atoms with E-state index in [-0.39, 0.29) is 65.9 Å². The summed E-state index contributed by atoms with van der Waals surface area (Å²) in [4.78, 5) is 20.5. The van der Waals surface area contributed by atoms with Gasteiger partial charge < -0.3 is 10.2 Å². The SMILES string of the molecule is CC(C)(C)c1cc(C=Nc2ccccc2-c2nc3c(-c4[c-]ccc5ccccc45)cc(-c4ccc(F)cc4)cc3s2)c(O)c(C(C)(C)C)c1.CC(C)(C)c1cc(C=Nc2ccccc2-c2nc3c(-c4cccc5ccccc45)cc(-c4ccc(F)cc4)cc3s2)c(O)c(C(C)(C)C)c1.[Pt]. The molecule has 2 N–H and O–H groups in total. The summed E-state index contributed by atoms with van der Waals surface area (Å²) >= 11 is 3.22. The van der Waals surface area contributed by atoms with Gasteiger partial charge in [-0.3, -0.25) is 9.98 Å². The van der Waals surface area contributed by atoms with Crippen LogP contribution in [0.4, 0.5) is 20.2 Å². The molecule has 99 heavy (non-hydrogen) atoms. The summed E-state index contributed by atoms with van der Waals surface area (Å²) in [6.45, 7) is 25.8. The molecule has 0 aliphatic rings. The quantitative estimate of drug-likeness (QED) is 0.105. The van der Waals surface area contributed by atoms with Crippen molar-refractivity contribution in [3.8, 4) is 77.1 Å². The molecule has 0 unspecified atom stereocenters. The van der Waals surface area contributed by atoms with Crippen LogP contribution in [0.3, 0.4) is 0 Å². The molecule has 0 spiro atoms. The van der Waals surface area contributed by atoms with Gasteiger partial charge in [-0.05, 0) is 150 Å². The fourth-order valence-corrected chi connectivity index (χ4v) is 14.6. The summed E-state index contributed by atoms with van der Waals surface area (Å²) in [6, 6.07) is 76.8. The van der Waals surface area contributed by atoms with E-state index in [1.165, 1.54) is 24.3 Å². The van der Waals surface area contributed by atoms with Crippen molar-refractivity contribution in [1.29, 1.82) is 0 Å². The minimum atomic E-state index is -0.266. The number of benzene rings is 12. The molecular formula is C88H77F2N4O2PtS2-. The number of thiazole rings is 2. The first kappa shape index (κ1) is 69.3. The van der Waals surface area contributed by atoms with Gasteiger partial charge in [0, 0.05) is 82.7 Å². The molecule has 2 aromatic heterocycles. The van der Waals surface area contributed by atoms with E-state index in [9.17, 15) is 19.0 Å². The third-order valence-corrected chi connectivity index (χ3v) is 20.1. The van der Waals surface area contributed by atoms with Crippen LogP contribution in [-0.2, 0) is 42.7 Å². The van der Waals surface area contributed by atoms with E-state index < -0.39 is 0 Å². The van der Waals surface area contributed by atoms with E-state index in [4.69, 9.17) is 20.0 Å². The Bertz CT molecular complexity index is 5080. The Morgan fingerprint density at radius 3 is 1.27 bits per heavy atom. The zero-order chi connectivity index (χ0) is 69.0. The van der Waals surface area contributed by atoms with Crippen molar-refractivity contribution in [2.75, 3.05) is 0 Å². The van der Waals surface area contributed by atoms with E-state index in [0.29, 0.717) is 11.1 Å². The molecule has 2 heterocycles. The van der Waals surface area contributed by atoms with Crippen LogP contribution in [0.15, 0.2) is 234 Å². The van der Waals surface area contributed by atoms with E-state index in [2.05, 4.69) is 192 Å². The van der Waals surface area contributed by atoms with Crippen molar-refractivity contribution in [1.82, 2.24) is 9.97 Å². The molecule has 0 aliphatic heterocycles. The first-order chi connectivity index (χ1) is 46.7. The standard InChI is InChI=1S/C44H39FN2OS.C44H38FN2OS.Pt/c2*1-43(2,3)31-22-30(41(48)37(25-31)44(4,5)6)26-46-38-17-10-9-15-35(38)42-47-40-36(34-16-11-13-28-12-7-8-14-33(28)34)23-29(24-39(40)49-42)27-18-20-32(45)21-19-27;/h7-26,48H,1-6H3;7-15,17-26,48H,1-6H3;/q;-1;. The smallest absolute Gasteiger partial charge is 0.128 e. The normalized spacial score (nSPS) is 12.3. The molecule has 6 nitrogen and oxygen atoms in total. The molecule has 0 radical (unpaired) electrons. The van der Waals surface area contributed by atoms with E-state index in [1.54, 1.807) is 35.1 Å². The molecule has 0 saturated carbocycles. The molecule has 0 aliphatic carbocycles. The molecule has 12 aromatic carbocycles. The number of rotatable bonds is 10. The Labute approximate surface area is 601 Å². The molecular weight excluding hydrogens is 1440 g/mol. The summed E-state index contributed by atoms with van der Waals surface area (Å²) < 4.78 is 29.9. The van der Waals surface area contributed by atoms with Gasteiger partial charge in [0.15, 0.2) is 0 Å². The van der Waals surface area contributed by atoms with Crippen molar-refractivity contribution in [2.45, 2.75) is 105 Å². The van der Waals surface area contributed by atoms with Crippen LogP contribution in [0.2, 0.25) is 0 Å². The number of nitrogens with zero attached hydrogens (tertiary/aromatic N) is 4. The van der Waals surface area contributed by atoms with Crippen LogP contribution in [0.25, 0.3) is 108 Å². The number of aromatic hydroxyl groups is 2.